The molecule has 1 fully saturated rings. The van der Waals surface area contributed by atoms with E-state index in [1.807, 2.05) is 12.1 Å². The van der Waals surface area contributed by atoms with Gasteiger partial charge in [0, 0.05) is 19.2 Å². The number of carbonyl (C=O) groups excluding carboxylic acids is 1. The van der Waals surface area contributed by atoms with Crippen LogP contribution in [0.4, 0.5) is 5.69 Å². The highest BCUT2D eigenvalue weighted by atomic mass is 16.2. The summed E-state index contributed by atoms with van der Waals surface area (Å²) in [5.74, 6) is 0.584. The monoisotopic (exact) mass is 257 g/mol. The molecule has 0 spiro atoms. The Morgan fingerprint density at radius 3 is 2.79 bits per heavy atom. The first kappa shape index (κ1) is 13.6. The Hall–Kier alpha value is -1.86. The number of anilines is 1. The molecule has 0 radical (unpaired) electrons. The van der Waals surface area contributed by atoms with Gasteiger partial charge in [0.25, 0.3) is 0 Å². The number of hydrogen-bond donors (Lipinski definition) is 1. The summed E-state index contributed by atoms with van der Waals surface area (Å²) in [6.07, 6.45) is 2.86. The van der Waals surface area contributed by atoms with Gasteiger partial charge >= 0.3 is 0 Å². The van der Waals surface area contributed by atoms with Crippen LogP contribution in [0.1, 0.15) is 24.8 Å². The Labute approximate surface area is 114 Å². The molecule has 0 aliphatic carbocycles. The van der Waals surface area contributed by atoms with Gasteiger partial charge in [0.1, 0.15) is 0 Å². The quantitative estimate of drug-likeness (QED) is 0.900. The summed E-state index contributed by atoms with van der Waals surface area (Å²) >= 11 is 0. The lowest BCUT2D eigenvalue weighted by Crippen LogP contribution is -2.35. The van der Waals surface area contributed by atoms with Crippen LogP contribution in [-0.4, -0.2) is 26.0 Å². The average Bonchev–Trinajstić information content (AvgIpc) is 2.47. The van der Waals surface area contributed by atoms with Crippen LogP contribution in [0.3, 0.4) is 0 Å². The molecule has 0 saturated carbocycles. The minimum Gasteiger partial charge on any atom is -0.316 e. The van der Waals surface area contributed by atoms with Gasteiger partial charge in [-0.05, 0) is 56.1 Å². The zero-order valence-electron chi connectivity index (χ0n) is 11.2. The average molecular weight is 257 g/mol. The standard InChI is InChI=1S/C15H19N3O/c1-18(14-6-4-12(10-16)5-7-14)15(19)9-13-3-2-8-17-11-13/h4-7,13,17H,2-3,8-9,11H2,1H3. The fourth-order valence-electron chi connectivity index (χ4n) is 2.39. The van der Waals surface area contributed by atoms with Crippen LogP contribution in [-0.2, 0) is 4.79 Å². The highest BCUT2D eigenvalue weighted by Crippen LogP contribution is 2.19. The Morgan fingerprint density at radius 2 is 2.21 bits per heavy atom. The highest BCUT2D eigenvalue weighted by molar-refractivity contribution is 5.92. The molecule has 1 aliphatic rings. The molecule has 0 aromatic heterocycles. The summed E-state index contributed by atoms with van der Waals surface area (Å²) < 4.78 is 0. The maximum Gasteiger partial charge on any atom is 0.227 e. The number of benzene rings is 1. The van der Waals surface area contributed by atoms with Crippen molar-refractivity contribution in [3.63, 3.8) is 0 Å². The summed E-state index contributed by atoms with van der Waals surface area (Å²) in [5.41, 5.74) is 1.45. The molecule has 0 bridgehead atoms. The second-order valence-corrected chi connectivity index (χ2v) is 5.03. The number of carbonyl (C=O) groups is 1. The van der Waals surface area contributed by atoms with E-state index in [1.54, 1.807) is 24.1 Å². The lowest BCUT2D eigenvalue weighted by Gasteiger charge is -2.25. The molecule has 1 aromatic carbocycles. The molecule has 1 unspecified atom stereocenters. The molecule has 2 rings (SSSR count). The normalized spacial score (nSPS) is 18.6. The molecule has 19 heavy (non-hydrogen) atoms. The van der Waals surface area contributed by atoms with E-state index >= 15 is 0 Å². The van der Waals surface area contributed by atoms with Gasteiger partial charge in [-0.15, -0.1) is 0 Å². The van der Waals surface area contributed by atoms with Gasteiger partial charge in [0.05, 0.1) is 11.6 Å². The van der Waals surface area contributed by atoms with Crippen LogP contribution in [0, 0.1) is 17.2 Å². The third kappa shape index (κ3) is 3.55. The van der Waals surface area contributed by atoms with E-state index in [-0.39, 0.29) is 5.91 Å². The molecular weight excluding hydrogens is 238 g/mol. The number of nitriles is 1. The number of piperidine rings is 1. The van der Waals surface area contributed by atoms with Gasteiger partial charge in [0.2, 0.25) is 5.91 Å². The van der Waals surface area contributed by atoms with E-state index in [1.165, 1.54) is 0 Å². The van der Waals surface area contributed by atoms with E-state index in [0.29, 0.717) is 17.9 Å². The smallest absolute Gasteiger partial charge is 0.227 e. The van der Waals surface area contributed by atoms with Crippen molar-refractivity contribution in [2.45, 2.75) is 19.3 Å². The Morgan fingerprint density at radius 1 is 1.47 bits per heavy atom. The SMILES string of the molecule is CN(C(=O)CC1CCCNC1)c1ccc(C#N)cc1. The molecule has 4 nitrogen and oxygen atoms in total. The third-order valence-electron chi connectivity index (χ3n) is 3.62. The first-order valence-corrected chi connectivity index (χ1v) is 6.68. The van der Waals surface area contributed by atoms with Gasteiger partial charge in [-0.1, -0.05) is 0 Å². The highest BCUT2D eigenvalue weighted by Gasteiger charge is 2.19. The fraction of sp³-hybridized carbons (Fsp3) is 0.467. The molecule has 1 aliphatic heterocycles. The van der Waals surface area contributed by atoms with Crippen molar-refractivity contribution in [1.29, 1.82) is 5.26 Å². The van der Waals surface area contributed by atoms with E-state index in [0.717, 1.165) is 31.6 Å². The number of rotatable bonds is 3. The Kier molecular flexibility index (Phi) is 4.53. The van der Waals surface area contributed by atoms with Crippen LogP contribution in [0.5, 0.6) is 0 Å². The van der Waals surface area contributed by atoms with Crippen LogP contribution in [0.25, 0.3) is 0 Å². The first-order chi connectivity index (χ1) is 9.20. The zero-order valence-corrected chi connectivity index (χ0v) is 11.2. The number of nitrogens with one attached hydrogen (secondary N) is 1. The number of hydrogen-bond acceptors (Lipinski definition) is 3. The Balaban J connectivity index is 1.95. The van der Waals surface area contributed by atoms with Crippen molar-refractivity contribution >= 4 is 11.6 Å². The van der Waals surface area contributed by atoms with Gasteiger partial charge in [-0.3, -0.25) is 4.79 Å². The van der Waals surface area contributed by atoms with Crippen molar-refractivity contribution < 1.29 is 4.79 Å². The van der Waals surface area contributed by atoms with Crippen LogP contribution < -0.4 is 10.2 Å². The van der Waals surface area contributed by atoms with Crippen molar-refractivity contribution in [3.05, 3.63) is 29.8 Å². The van der Waals surface area contributed by atoms with Gasteiger partial charge < -0.3 is 10.2 Å². The van der Waals surface area contributed by atoms with Crippen molar-refractivity contribution in [2.75, 3.05) is 25.0 Å². The minimum atomic E-state index is 0.137. The summed E-state index contributed by atoms with van der Waals surface area (Å²) in [6.45, 7) is 2.00. The molecule has 1 aromatic rings. The molecule has 100 valence electrons. The zero-order chi connectivity index (χ0) is 13.7. The van der Waals surface area contributed by atoms with Crippen molar-refractivity contribution in [3.8, 4) is 6.07 Å². The van der Waals surface area contributed by atoms with Gasteiger partial charge in [0.15, 0.2) is 0 Å². The van der Waals surface area contributed by atoms with Gasteiger partial charge in [-0.25, -0.2) is 0 Å². The summed E-state index contributed by atoms with van der Waals surface area (Å²) in [6, 6.07) is 9.18. The van der Waals surface area contributed by atoms with Crippen molar-refractivity contribution in [1.82, 2.24) is 5.32 Å². The Bertz CT molecular complexity index is 469. The van der Waals surface area contributed by atoms with Gasteiger partial charge in [-0.2, -0.15) is 5.26 Å². The maximum absolute atomic E-state index is 12.2. The van der Waals surface area contributed by atoms with Crippen LogP contribution in [0.15, 0.2) is 24.3 Å². The van der Waals surface area contributed by atoms with Crippen LogP contribution >= 0.6 is 0 Å². The molecule has 1 atom stereocenters. The third-order valence-corrected chi connectivity index (χ3v) is 3.62. The van der Waals surface area contributed by atoms with E-state index < -0.39 is 0 Å². The summed E-state index contributed by atoms with van der Waals surface area (Å²) in [4.78, 5) is 13.9. The predicted octanol–water partition coefficient (Wildman–Crippen LogP) is 1.91. The number of amides is 1. The topological polar surface area (TPSA) is 56.1 Å². The molecule has 1 heterocycles. The van der Waals surface area contributed by atoms with E-state index in [4.69, 9.17) is 5.26 Å². The second-order valence-electron chi connectivity index (χ2n) is 5.03. The minimum absolute atomic E-state index is 0.137. The lowest BCUT2D eigenvalue weighted by molar-refractivity contribution is -0.119. The lowest BCUT2D eigenvalue weighted by atomic mass is 9.95. The maximum atomic E-state index is 12.2. The summed E-state index contributed by atoms with van der Waals surface area (Å²) in [7, 11) is 1.79. The number of nitrogens with zero attached hydrogens (tertiary/aromatic N) is 2. The fourth-order valence-corrected chi connectivity index (χ4v) is 2.39. The largest absolute Gasteiger partial charge is 0.316 e. The molecule has 1 N–H and O–H groups in total. The molecular formula is C15H19N3O. The summed E-state index contributed by atoms with van der Waals surface area (Å²) in [5, 5.41) is 12.1. The first-order valence-electron chi connectivity index (χ1n) is 6.68. The molecule has 4 heteroatoms. The van der Waals surface area contributed by atoms with E-state index in [9.17, 15) is 4.79 Å². The second kappa shape index (κ2) is 6.35. The molecule has 1 amide bonds. The molecule has 1 saturated heterocycles. The van der Waals surface area contributed by atoms with E-state index in [2.05, 4.69) is 11.4 Å². The van der Waals surface area contributed by atoms with Crippen LogP contribution in [0.2, 0.25) is 0 Å². The predicted molar refractivity (Wildman–Crippen MR) is 74.8 cm³/mol. The van der Waals surface area contributed by atoms with Crippen molar-refractivity contribution in [2.24, 2.45) is 5.92 Å².